The zero-order chi connectivity index (χ0) is 15.9. The first-order chi connectivity index (χ1) is 9.92. The lowest BCUT2D eigenvalue weighted by atomic mass is 10.3. The number of para-hydroxylation sites is 1. The molecule has 0 unspecified atom stereocenters. The van der Waals surface area contributed by atoms with E-state index >= 15 is 0 Å². The molecule has 0 aliphatic carbocycles. The SMILES string of the molecule is CCCNS(=O)(=O)c1ccccc1NCC(=O)N(C)CC. The Morgan fingerprint density at radius 2 is 1.90 bits per heavy atom. The molecule has 21 heavy (non-hydrogen) atoms. The lowest BCUT2D eigenvalue weighted by molar-refractivity contribution is -0.127. The van der Waals surface area contributed by atoms with Crippen LogP contribution < -0.4 is 10.0 Å². The Hall–Kier alpha value is -1.60. The first kappa shape index (κ1) is 17.5. The number of sulfonamides is 1. The maximum atomic E-state index is 12.2. The van der Waals surface area contributed by atoms with Crippen LogP contribution in [0.25, 0.3) is 0 Å². The molecule has 0 spiro atoms. The highest BCUT2D eigenvalue weighted by atomic mass is 32.2. The van der Waals surface area contributed by atoms with Gasteiger partial charge in [0.1, 0.15) is 4.90 Å². The quantitative estimate of drug-likeness (QED) is 0.757. The minimum Gasteiger partial charge on any atom is -0.375 e. The highest BCUT2D eigenvalue weighted by Gasteiger charge is 2.18. The van der Waals surface area contributed by atoms with Gasteiger partial charge in [-0.15, -0.1) is 0 Å². The van der Waals surface area contributed by atoms with Gasteiger partial charge in [-0.3, -0.25) is 4.79 Å². The van der Waals surface area contributed by atoms with Gasteiger partial charge in [0.15, 0.2) is 0 Å². The van der Waals surface area contributed by atoms with Crippen molar-refractivity contribution >= 4 is 21.6 Å². The average Bonchev–Trinajstić information content (AvgIpc) is 2.50. The van der Waals surface area contributed by atoms with E-state index in [9.17, 15) is 13.2 Å². The summed E-state index contributed by atoms with van der Waals surface area (Å²) in [5.41, 5.74) is 0.430. The van der Waals surface area contributed by atoms with Crippen molar-refractivity contribution in [3.63, 3.8) is 0 Å². The number of likely N-dealkylation sites (N-methyl/N-ethyl adjacent to an activating group) is 1. The minimum atomic E-state index is -3.56. The molecule has 2 N–H and O–H groups in total. The number of carbonyl (C=O) groups excluding carboxylic acids is 1. The number of carbonyl (C=O) groups is 1. The zero-order valence-electron chi connectivity index (χ0n) is 12.7. The number of nitrogens with zero attached hydrogens (tertiary/aromatic N) is 1. The Bertz CT molecular complexity index is 573. The Kier molecular flexibility index (Phi) is 6.64. The molecule has 0 saturated heterocycles. The smallest absolute Gasteiger partial charge is 0.242 e. The largest absolute Gasteiger partial charge is 0.375 e. The van der Waals surface area contributed by atoms with E-state index in [-0.39, 0.29) is 17.3 Å². The normalized spacial score (nSPS) is 11.2. The van der Waals surface area contributed by atoms with Crippen molar-refractivity contribution < 1.29 is 13.2 Å². The second-order valence-corrected chi connectivity index (χ2v) is 6.39. The summed E-state index contributed by atoms with van der Waals surface area (Å²) in [5, 5.41) is 2.90. The van der Waals surface area contributed by atoms with Crippen molar-refractivity contribution in [2.75, 3.05) is 32.0 Å². The molecule has 0 heterocycles. The second kappa shape index (κ2) is 7.99. The summed E-state index contributed by atoms with van der Waals surface area (Å²) >= 11 is 0. The van der Waals surface area contributed by atoms with Gasteiger partial charge in [0.2, 0.25) is 15.9 Å². The first-order valence-electron chi connectivity index (χ1n) is 6.98. The topological polar surface area (TPSA) is 78.5 Å². The molecule has 0 bridgehead atoms. The van der Waals surface area contributed by atoms with Crippen LogP contribution in [0.15, 0.2) is 29.2 Å². The highest BCUT2D eigenvalue weighted by Crippen LogP contribution is 2.20. The van der Waals surface area contributed by atoms with Gasteiger partial charge in [-0.2, -0.15) is 0 Å². The van der Waals surface area contributed by atoms with E-state index in [1.807, 2.05) is 13.8 Å². The van der Waals surface area contributed by atoms with Crippen LogP contribution in [0.5, 0.6) is 0 Å². The van der Waals surface area contributed by atoms with Gasteiger partial charge < -0.3 is 10.2 Å². The Labute approximate surface area is 126 Å². The molecule has 0 aliphatic heterocycles. The molecular weight excluding hydrogens is 290 g/mol. The summed E-state index contributed by atoms with van der Waals surface area (Å²) in [6, 6.07) is 6.56. The summed E-state index contributed by atoms with van der Waals surface area (Å²) in [5.74, 6) is -0.0915. The number of rotatable bonds is 8. The van der Waals surface area contributed by atoms with Gasteiger partial charge in [-0.1, -0.05) is 19.1 Å². The molecular formula is C14H23N3O3S. The number of hydrogen-bond donors (Lipinski definition) is 2. The number of hydrogen-bond acceptors (Lipinski definition) is 4. The number of amides is 1. The maximum absolute atomic E-state index is 12.2. The molecule has 6 nitrogen and oxygen atoms in total. The fraction of sp³-hybridized carbons (Fsp3) is 0.500. The molecule has 0 radical (unpaired) electrons. The molecule has 0 atom stereocenters. The number of nitrogens with one attached hydrogen (secondary N) is 2. The van der Waals surface area contributed by atoms with Crippen LogP contribution in [0.4, 0.5) is 5.69 Å². The van der Waals surface area contributed by atoms with E-state index in [0.717, 1.165) is 0 Å². The van der Waals surface area contributed by atoms with Crippen LogP contribution in [0.3, 0.4) is 0 Å². The third-order valence-corrected chi connectivity index (χ3v) is 4.57. The summed E-state index contributed by atoms with van der Waals surface area (Å²) in [7, 11) is -1.86. The molecule has 118 valence electrons. The van der Waals surface area contributed by atoms with Crippen LogP contribution in [0, 0.1) is 0 Å². The summed E-state index contributed by atoms with van der Waals surface area (Å²) in [6.45, 7) is 4.83. The van der Waals surface area contributed by atoms with Gasteiger partial charge in [-0.05, 0) is 25.5 Å². The number of anilines is 1. The summed E-state index contributed by atoms with van der Waals surface area (Å²) in [4.78, 5) is 13.5. The van der Waals surface area contributed by atoms with Crippen LogP contribution >= 0.6 is 0 Å². The third kappa shape index (κ3) is 5.02. The van der Waals surface area contributed by atoms with E-state index in [2.05, 4.69) is 10.0 Å². The second-order valence-electron chi connectivity index (χ2n) is 4.66. The Balaban J connectivity index is 2.87. The predicted molar refractivity (Wildman–Crippen MR) is 83.7 cm³/mol. The van der Waals surface area contributed by atoms with Crippen LogP contribution in [0.1, 0.15) is 20.3 Å². The molecule has 1 amide bonds. The van der Waals surface area contributed by atoms with Crippen molar-refractivity contribution in [2.24, 2.45) is 0 Å². The third-order valence-electron chi connectivity index (χ3n) is 3.05. The summed E-state index contributed by atoms with van der Waals surface area (Å²) < 4.78 is 26.9. The van der Waals surface area contributed by atoms with E-state index in [1.54, 1.807) is 30.1 Å². The van der Waals surface area contributed by atoms with Gasteiger partial charge in [0.25, 0.3) is 0 Å². The lowest BCUT2D eigenvalue weighted by Gasteiger charge is -2.17. The monoisotopic (exact) mass is 313 g/mol. The predicted octanol–water partition coefficient (Wildman–Crippen LogP) is 1.27. The van der Waals surface area contributed by atoms with Crippen LogP contribution in [-0.4, -0.2) is 45.9 Å². The Morgan fingerprint density at radius 3 is 2.52 bits per heavy atom. The van der Waals surface area contributed by atoms with E-state index < -0.39 is 10.0 Å². The minimum absolute atomic E-state index is 0.0602. The maximum Gasteiger partial charge on any atom is 0.242 e. The zero-order valence-corrected chi connectivity index (χ0v) is 13.5. The van der Waals surface area contributed by atoms with Gasteiger partial charge >= 0.3 is 0 Å². The van der Waals surface area contributed by atoms with E-state index in [4.69, 9.17) is 0 Å². The fourth-order valence-corrected chi connectivity index (χ4v) is 2.96. The van der Waals surface area contributed by atoms with Crippen LogP contribution in [0.2, 0.25) is 0 Å². The Morgan fingerprint density at radius 1 is 1.24 bits per heavy atom. The van der Waals surface area contributed by atoms with Crippen molar-refractivity contribution in [3.05, 3.63) is 24.3 Å². The van der Waals surface area contributed by atoms with E-state index in [0.29, 0.717) is 25.2 Å². The van der Waals surface area contributed by atoms with E-state index in [1.165, 1.54) is 6.07 Å². The van der Waals surface area contributed by atoms with Crippen molar-refractivity contribution in [1.82, 2.24) is 9.62 Å². The van der Waals surface area contributed by atoms with Crippen LogP contribution in [-0.2, 0) is 14.8 Å². The molecule has 1 rings (SSSR count). The average molecular weight is 313 g/mol. The molecule has 7 heteroatoms. The first-order valence-corrected chi connectivity index (χ1v) is 8.47. The number of benzene rings is 1. The highest BCUT2D eigenvalue weighted by molar-refractivity contribution is 7.89. The summed E-state index contributed by atoms with van der Waals surface area (Å²) in [6.07, 6.45) is 0.717. The standard InChI is InChI=1S/C14H23N3O3S/c1-4-10-16-21(19,20)13-9-7-6-8-12(13)15-11-14(18)17(3)5-2/h6-9,15-16H,4-5,10-11H2,1-3H3. The lowest BCUT2D eigenvalue weighted by Crippen LogP contribution is -2.32. The molecule has 1 aromatic rings. The molecule has 0 fully saturated rings. The molecule has 0 saturated carbocycles. The van der Waals surface area contributed by atoms with Gasteiger partial charge in [-0.25, -0.2) is 13.1 Å². The molecule has 0 aliphatic rings. The van der Waals surface area contributed by atoms with Crippen molar-refractivity contribution in [1.29, 1.82) is 0 Å². The molecule has 0 aromatic heterocycles. The molecule has 1 aromatic carbocycles. The fourth-order valence-electron chi connectivity index (χ4n) is 1.64. The van der Waals surface area contributed by atoms with Gasteiger partial charge in [0.05, 0.1) is 12.2 Å². The van der Waals surface area contributed by atoms with Gasteiger partial charge in [0, 0.05) is 20.1 Å². The van der Waals surface area contributed by atoms with Crippen molar-refractivity contribution in [2.45, 2.75) is 25.2 Å². The van der Waals surface area contributed by atoms with Crippen molar-refractivity contribution in [3.8, 4) is 0 Å².